The number of aryl methyl sites for hydroxylation is 1. The molecule has 1 aromatic rings. The Hall–Kier alpha value is -1.55. The molecule has 1 unspecified atom stereocenters. The fraction of sp³-hybridized carbons (Fsp3) is 0.667. The van der Waals surface area contributed by atoms with E-state index in [1.807, 2.05) is 0 Å². The number of piperidine rings is 1. The molecule has 1 heterocycles. The van der Waals surface area contributed by atoms with Gasteiger partial charge >= 0.3 is 0 Å². The summed E-state index contributed by atoms with van der Waals surface area (Å²) in [7, 11) is 0. The van der Waals surface area contributed by atoms with E-state index >= 15 is 0 Å². The fourth-order valence-corrected chi connectivity index (χ4v) is 3.54. The lowest BCUT2D eigenvalue weighted by atomic mass is 9.97. The van der Waals surface area contributed by atoms with Gasteiger partial charge in [-0.1, -0.05) is 31.2 Å². The highest BCUT2D eigenvalue weighted by molar-refractivity contribution is 5.79. The highest BCUT2D eigenvalue weighted by atomic mass is 15.2. The number of nitrogens with zero attached hydrogens (tertiary/aromatic N) is 2. The van der Waals surface area contributed by atoms with Gasteiger partial charge in [-0.3, -0.25) is 0 Å². The molecule has 0 saturated carbocycles. The summed E-state index contributed by atoms with van der Waals surface area (Å²) in [5, 5.41) is 6.96. The molecule has 0 aromatic heterocycles. The summed E-state index contributed by atoms with van der Waals surface area (Å²) in [5.74, 6) is 1.65. The van der Waals surface area contributed by atoms with Crippen LogP contribution >= 0.6 is 0 Å². The molecule has 1 fully saturated rings. The largest absolute Gasteiger partial charge is 0.357 e. The quantitative estimate of drug-likeness (QED) is 0.588. The summed E-state index contributed by atoms with van der Waals surface area (Å²) in [6.07, 6.45) is 3.68. The standard InChI is InChI=1S/C21H36N4/c1-5-19-11-7-8-12-20(19)15-24-21(22-6-2)23-14-18-10-9-13-25(16-18)17(3)4/h7-8,11-12,17-18H,5-6,9-10,13-16H2,1-4H3,(H2,22,23,24). The molecule has 1 aliphatic heterocycles. The molecule has 140 valence electrons. The molecule has 25 heavy (non-hydrogen) atoms. The molecule has 0 radical (unpaired) electrons. The maximum Gasteiger partial charge on any atom is 0.191 e. The third-order valence-corrected chi connectivity index (χ3v) is 5.09. The average molecular weight is 345 g/mol. The van der Waals surface area contributed by atoms with Crippen LogP contribution in [-0.4, -0.2) is 43.1 Å². The van der Waals surface area contributed by atoms with Crippen molar-refractivity contribution in [1.29, 1.82) is 0 Å². The van der Waals surface area contributed by atoms with E-state index in [2.05, 4.69) is 67.5 Å². The van der Waals surface area contributed by atoms with Crippen LogP contribution in [0.25, 0.3) is 0 Å². The minimum atomic E-state index is 0.648. The minimum absolute atomic E-state index is 0.648. The van der Waals surface area contributed by atoms with Gasteiger partial charge in [-0.05, 0) is 63.6 Å². The number of hydrogen-bond acceptors (Lipinski definition) is 2. The predicted octanol–water partition coefficient (Wildman–Crippen LogP) is 3.42. The Bertz CT molecular complexity index is 538. The number of hydrogen-bond donors (Lipinski definition) is 2. The molecule has 1 aliphatic rings. The van der Waals surface area contributed by atoms with Crippen LogP contribution in [0.15, 0.2) is 29.3 Å². The fourth-order valence-electron chi connectivity index (χ4n) is 3.54. The van der Waals surface area contributed by atoms with Crippen LogP contribution < -0.4 is 10.6 Å². The van der Waals surface area contributed by atoms with Crippen LogP contribution in [-0.2, 0) is 13.0 Å². The Morgan fingerprint density at radius 3 is 2.64 bits per heavy atom. The van der Waals surface area contributed by atoms with E-state index in [0.717, 1.165) is 32.0 Å². The molecule has 2 N–H and O–H groups in total. The normalized spacial score (nSPS) is 19.2. The summed E-state index contributed by atoms with van der Waals surface area (Å²) >= 11 is 0. The maximum atomic E-state index is 4.81. The number of benzene rings is 1. The summed E-state index contributed by atoms with van der Waals surface area (Å²) in [6.45, 7) is 14.0. The van der Waals surface area contributed by atoms with Crippen molar-refractivity contribution in [2.75, 3.05) is 26.2 Å². The maximum absolute atomic E-state index is 4.81. The van der Waals surface area contributed by atoms with Gasteiger partial charge in [-0.2, -0.15) is 0 Å². The van der Waals surface area contributed by atoms with Crippen LogP contribution in [0.3, 0.4) is 0 Å². The van der Waals surface area contributed by atoms with Gasteiger partial charge in [0.15, 0.2) is 5.96 Å². The lowest BCUT2D eigenvalue weighted by Gasteiger charge is -2.35. The lowest BCUT2D eigenvalue weighted by molar-refractivity contribution is 0.141. The van der Waals surface area contributed by atoms with Gasteiger partial charge in [0.25, 0.3) is 0 Å². The zero-order valence-corrected chi connectivity index (χ0v) is 16.5. The second kappa shape index (κ2) is 10.4. The number of nitrogens with one attached hydrogen (secondary N) is 2. The smallest absolute Gasteiger partial charge is 0.191 e. The van der Waals surface area contributed by atoms with E-state index in [0.29, 0.717) is 12.0 Å². The monoisotopic (exact) mass is 344 g/mol. The van der Waals surface area contributed by atoms with Crippen LogP contribution in [0.1, 0.15) is 51.7 Å². The molecule has 0 bridgehead atoms. The number of aliphatic imine (C=N–C) groups is 1. The molecule has 1 atom stereocenters. The predicted molar refractivity (Wildman–Crippen MR) is 108 cm³/mol. The molecule has 1 aromatic carbocycles. The SMILES string of the molecule is CCNC(=NCc1ccccc1CC)NCC1CCCN(C(C)C)C1. The van der Waals surface area contributed by atoms with Crippen molar-refractivity contribution in [2.45, 2.75) is 59.5 Å². The van der Waals surface area contributed by atoms with Gasteiger partial charge in [0.1, 0.15) is 0 Å². The molecule has 0 amide bonds. The molecule has 1 saturated heterocycles. The lowest BCUT2D eigenvalue weighted by Crippen LogP contribution is -2.46. The van der Waals surface area contributed by atoms with Crippen molar-refractivity contribution >= 4 is 5.96 Å². The van der Waals surface area contributed by atoms with Gasteiger partial charge in [0.05, 0.1) is 6.54 Å². The van der Waals surface area contributed by atoms with Gasteiger partial charge in [0.2, 0.25) is 0 Å². The Kier molecular flexibility index (Phi) is 8.26. The van der Waals surface area contributed by atoms with Crippen LogP contribution in [0.5, 0.6) is 0 Å². The number of guanidine groups is 1. The molecule has 0 spiro atoms. The summed E-state index contributed by atoms with van der Waals surface area (Å²) in [4.78, 5) is 7.41. The van der Waals surface area contributed by atoms with Crippen LogP contribution in [0.4, 0.5) is 0 Å². The second-order valence-corrected chi connectivity index (χ2v) is 7.30. The first-order valence-corrected chi connectivity index (χ1v) is 9.97. The van der Waals surface area contributed by atoms with Crippen molar-refractivity contribution in [3.8, 4) is 0 Å². The second-order valence-electron chi connectivity index (χ2n) is 7.30. The topological polar surface area (TPSA) is 39.7 Å². The van der Waals surface area contributed by atoms with Crippen LogP contribution in [0, 0.1) is 5.92 Å². The molecule has 0 aliphatic carbocycles. The first kappa shape index (κ1) is 19.8. The van der Waals surface area contributed by atoms with Gasteiger partial charge in [0, 0.05) is 25.7 Å². The van der Waals surface area contributed by atoms with E-state index < -0.39 is 0 Å². The minimum Gasteiger partial charge on any atom is -0.357 e. The Labute approximate surface area is 154 Å². The van der Waals surface area contributed by atoms with E-state index in [4.69, 9.17) is 4.99 Å². The highest BCUT2D eigenvalue weighted by Crippen LogP contribution is 2.17. The summed E-state index contributed by atoms with van der Waals surface area (Å²) in [5.41, 5.74) is 2.72. The van der Waals surface area contributed by atoms with Gasteiger partial charge < -0.3 is 15.5 Å². The van der Waals surface area contributed by atoms with E-state index in [9.17, 15) is 0 Å². The van der Waals surface area contributed by atoms with E-state index in [1.54, 1.807) is 0 Å². The van der Waals surface area contributed by atoms with Crippen molar-refractivity contribution in [3.63, 3.8) is 0 Å². The first-order chi connectivity index (χ1) is 12.1. The van der Waals surface area contributed by atoms with Crippen molar-refractivity contribution in [1.82, 2.24) is 15.5 Å². The van der Waals surface area contributed by atoms with Crippen molar-refractivity contribution in [2.24, 2.45) is 10.9 Å². The Morgan fingerprint density at radius 1 is 1.20 bits per heavy atom. The molecule has 2 rings (SSSR count). The molecule has 4 nitrogen and oxygen atoms in total. The van der Waals surface area contributed by atoms with Crippen LogP contribution in [0.2, 0.25) is 0 Å². The molecular weight excluding hydrogens is 308 g/mol. The van der Waals surface area contributed by atoms with Gasteiger partial charge in [-0.25, -0.2) is 4.99 Å². The summed E-state index contributed by atoms with van der Waals surface area (Å²) in [6, 6.07) is 9.25. The Balaban J connectivity index is 1.91. The zero-order valence-electron chi connectivity index (χ0n) is 16.5. The van der Waals surface area contributed by atoms with E-state index in [-0.39, 0.29) is 0 Å². The van der Waals surface area contributed by atoms with Crippen molar-refractivity contribution < 1.29 is 0 Å². The molecule has 4 heteroatoms. The third-order valence-electron chi connectivity index (χ3n) is 5.09. The molecular formula is C21H36N4. The summed E-state index contributed by atoms with van der Waals surface area (Å²) < 4.78 is 0. The number of likely N-dealkylation sites (tertiary alicyclic amines) is 1. The average Bonchev–Trinajstić information content (AvgIpc) is 2.64. The highest BCUT2D eigenvalue weighted by Gasteiger charge is 2.21. The van der Waals surface area contributed by atoms with E-state index in [1.165, 1.54) is 37.1 Å². The zero-order chi connectivity index (χ0) is 18.1. The van der Waals surface area contributed by atoms with Gasteiger partial charge in [-0.15, -0.1) is 0 Å². The first-order valence-electron chi connectivity index (χ1n) is 9.97. The Morgan fingerprint density at radius 2 is 1.96 bits per heavy atom. The van der Waals surface area contributed by atoms with Crippen molar-refractivity contribution in [3.05, 3.63) is 35.4 Å². The number of rotatable bonds is 7. The third kappa shape index (κ3) is 6.35.